The van der Waals surface area contributed by atoms with Gasteiger partial charge in [-0.2, -0.15) is 39.5 Å². The number of hydrogen-bond donors (Lipinski definition) is 0. The van der Waals surface area contributed by atoms with Crippen LogP contribution in [0, 0.1) is 6.07 Å². The van der Waals surface area contributed by atoms with Gasteiger partial charge in [-0.15, -0.1) is 0 Å². The summed E-state index contributed by atoms with van der Waals surface area (Å²) in [5, 5.41) is 0. The lowest BCUT2D eigenvalue weighted by molar-refractivity contribution is -0.399. The Balaban J connectivity index is 3.34. The van der Waals surface area contributed by atoms with Gasteiger partial charge in [-0.3, -0.25) is 0 Å². The molecule has 1 aromatic carbocycles. The SMILES string of the molecule is FC(F)(F)C(F)(F)C(F)(F)C(F)(F)c1cc[c]cc1. The number of hydrogen-bond acceptors (Lipinski definition) is 0. The van der Waals surface area contributed by atoms with Crippen molar-refractivity contribution in [3.8, 4) is 0 Å². The van der Waals surface area contributed by atoms with E-state index >= 15 is 0 Å². The summed E-state index contributed by atoms with van der Waals surface area (Å²) < 4.78 is 113. The van der Waals surface area contributed by atoms with Crippen LogP contribution >= 0.6 is 0 Å². The molecule has 19 heavy (non-hydrogen) atoms. The fraction of sp³-hybridized carbons (Fsp3) is 0.400. The summed E-state index contributed by atoms with van der Waals surface area (Å²) in [6.45, 7) is 0. The highest BCUT2D eigenvalue weighted by Crippen LogP contribution is 2.56. The Hall–Kier alpha value is -1.41. The zero-order chi connectivity index (χ0) is 15.1. The van der Waals surface area contributed by atoms with Gasteiger partial charge < -0.3 is 0 Å². The van der Waals surface area contributed by atoms with Gasteiger partial charge in [0.05, 0.1) is 0 Å². The molecule has 0 aliphatic carbocycles. The van der Waals surface area contributed by atoms with Gasteiger partial charge in [0.2, 0.25) is 0 Å². The van der Waals surface area contributed by atoms with Crippen molar-refractivity contribution in [1.82, 2.24) is 0 Å². The molecule has 0 nitrogen and oxygen atoms in total. The van der Waals surface area contributed by atoms with Crippen molar-refractivity contribution in [2.45, 2.75) is 23.9 Å². The minimum atomic E-state index is -6.87. The monoisotopic (exact) mass is 295 g/mol. The van der Waals surface area contributed by atoms with Crippen LogP contribution in [0.25, 0.3) is 0 Å². The van der Waals surface area contributed by atoms with Crippen molar-refractivity contribution >= 4 is 0 Å². The van der Waals surface area contributed by atoms with Gasteiger partial charge >= 0.3 is 23.9 Å². The number of benzene rings is 1. The molecule has 0 aliphatic heterocycles. The quantitative estimate of drug-likeness (QED) is 0.724. The zero-order valence-corrected chi connectivity index (χ0v) is 8.71. The van der Waals surface area contributed by atoms with Gasteiger partial charge in [0.15, 0.2) is 0 Å². The van der Waals surface area contributed by atoms with Crippen LogP contribution in [0.15, 0.2) is 24.3 Å². The first-order valence-corrected chi connectivity index (χ1v) is 4.52. The molecule has 1 rings (SSSR count). The molecule has 0 aromatic heterocycles. The van der Waals surface area contributed by atoms with E-state index in [2.05, 4.69) is 6.07 Å². The fourth-order valence-electron chi connectivity index (χ4n) is 1.15. The highest BCUT2D eigenvalue weighted by molar-refractivity contribution is 5.24. The minimum Gasteiger partial charge on any atom is -0.194 e. The molecular formula is C10H4F9. The summed E-state index contributed by atoms with van der Waals surface area (Å²) >= 11 is 0. The molecule has 0 aliphatic rings. The molecule has 0 unspecified atom stereocenters. The first-order chi connectivity index (χ1) is 8.36. The third-order valence-electron chi connectivity index (χ3n) is 2.23. The third kappa shape index (κ3) is 2.25. The minimum absolute atomic E-state index is 0.278. The summed E-state index contributed by atoms with van der Waals surface area (Å²) in [6, 6.07) is 4.06. The molecule has 0 N–H and O–H groups in total. The van der Waals surface area contributed by atoms with Crippen LogP contribution < -0.4 is 0 Å². The van der Waals surface area contributed by atoms with E-state index < -0.39 is 29.5 Å². The van der Waals surface area contributed by atoms with Gasteiger partial charge in [0.1, 0.15) is 0 Å². The van der Waals surface area contributed by atoms with Crippen LogP contribution in [0.5, 0.6) is 0 Å². The normalized spacial score (nSPS) is 14.6. The lowest BCUT2D eigenvalue weighted by Crippen LogP contribution is -2.59. The maximum atomic E-state index is 13.2. The molecule has 1 aromatic rings. The maximum absolute atomic E-state index is 13.2. The second kappa shape index (κ2) is 4.31. The third-order valence-corrected chi connectivity index (χ3v) is 2.23. The summed E-state index contributed by atoms with van der Waals surface area (Å²) in [7, 11) is 0. The molecule has 0 saturated heterocycles. The van der Waals surface area contributed by atoms with Crippen LogP contribution in [0.3, 0.4) is 0 Å². The largest absolute Gasteiger partial charge is 0.460 e. The Bertz CT molecular complexity index is 432. The van der Waals surface area contributed by atoms with Crippen LogP contribution in [-0.4, -0.2) is 18.0 Å². The molecule has 107 valence electrons. The maximum Gasteiger partial charge on any atom is 0.460 e. The van der Waals surface area contributed by atoms with E-state index in [0.717, 1.165) is 0 Å². The van der Waals surface area contributed by atoms with Crippen molar-refractivity contribution in [2.24, 2.45) is 0 Å². The first kappa shape index (κ1) is 15.6. The van der Waals surface area contributed by atoms with Crippen molar-refractivity contribution in [3.63, 3.8) is 0 Å². The average Bonchev–Trinajstić information content (AvgIpc) is 2.28. The predicted molar refractivity (Wildman–Crippen MR) is 45.1 cm³/mol. The van der Waals surface area contributed by atoms with Gasteiger partial charge in [-0.1, -0.05) is 24.3 Å². The summed E-state index contributed by atoms with van der Waals surface area (Å²) in [5.41, 5.74) is -1.67. The Morgan fingerprint density at radius 2 is 1.11 bits per heavy atom. The molecule has 0 atom stereocenters. The second-order valence-corrected chi connectivity index (χ2v) is 3.51. The summed E-state index contributed by atoms with van der Waals surface area (Å²) in [4.78, 5) is 0. The molecule has 1 radical (unpaired) electrons. The van der Waals surface area contributed by atoms with E-state index in [1.165, 1.54) is 0 Å². The van der Waals surface area contributed by atoms with E-state index in [1.54, 1.807) is 0 Å². The van der Waals surface area contributed by atoms with Crippen LogP contribution in [0.4, 0.5) is 39.5 Å². The fourth-order valence-corrected chi connectivity index (χ4v) is 1.15. The zero-order valence-electron chi connectivity index (χ0n) is 8.71. The Kier molecular flexibility index (Phi) is 3.55. The van der Waals surface area contributed by atoms with Gasteiger partial charge in [0, 0.05) is 5.56 Å². The van der Waals surface area contributed by atoms with E-state index in [-0.39, 0.29) is 12.1 Å². The van der Waals surface area contributed by atoms with Crippen molar-refractivity contribution < 1.29 is 39.5 Å². The number of rotatable bonds is 3. The molecule has 0 spiro atoms. The molecule has 0 saturated carbocycles. The van der Waals surface area contributed by atoms with Gasteiger partial charge in [0.25, 0.3) is 0 Å². The van der Waals surface area contributed by atoms with E-state index in [1.807, 2.05) is 0 Å². The molecule has 0 amide bonds. The van der Waals surface area contributed by atoms with Crippen molar-refractivity contribution in [2.75, 3.05) is 0 Å². The molecule has 0 heterocycles. The van der Waals surface area contributed by atoms with E-state index in [4.69, 9.17) is 0 Å². The Morgan fingerprint density at radius 1 is 0.684 bits per heavy atom. The van der Waals surface area contributed by atoms with Crippen LogP contribution in [0.1, 0.15) is 5.56 Å². The molecule has 0 bridgehead atoms. The van der Waals surface area contributed by atoms with E-state index in [0.29, 0.717) is 12.1 Å². The van der Waals surface area contributed by atoms with Gasteiger partial charge in [-0.25, -0.2) is 0 Å². The van der Waals surface area contributed by atoms with Gasteiger partial charge in [-0.05, 0) is 6.07 Å². The smallest absolute Gasteiger partial charge is 0.194 e. The van der Waals surface area contributed by atoms with E-state index in [9.17, 15) is 39.5 Å². The standard InChI is InChI=1S/C10H4F9/c11-7(12,6-4-2-1-3-5-6)8(13,14)9(15,16)10(17,18)19/h2-5H. The van der Waals surface area contributed by atoms with Crippen molar-refractivity contribution in [1.29, 1.82) is 0 Å². The van der Waals surface area contributed by atoms with Crippen LogP contribution in [-0.2, 0) is 5.92 Å². The molecular weight excluding hydrogens is 291 g/mol. The second-order valence-electron chi connectivity index (χ2n) is 3.51. The summed E-state index contributed by atoms with van der Waals surface area (Å²) in [5.74, 6) is -19.2. The van der Waals surface area contributed by atoms with Crippen LogP contribution in [0.2, 0.25) is 0 Å². The first-order valence-electron chi connectivity index (χ1n) is 4.52. The molecule has 0 fully saturated rings. The molecule has 9 heteroatoms. The Labute approximate surface area is 100 Å². The predicted octanol–water partition coefficient (Wildman–Crippen LogP) is 4.41. The number of halogens is 9. The highest BCUT2D eigenvalue weighted by atomic mass is 19.4. The lowest BCUT2D eigenvalue weighted by atomic mass is 9.97. The highest BCUT2D eigenvalue weighted by Gasteiger charge is 2.81. The van der Waals surface area contributed by atoms with Crippen molar-refractivity contribution in [3.05, 3.63) is 35.9 Å². The number of alkyl halides is 9. The summed E-state index contributed by atoms with van der Waals surface area (Å²) in [6.07, 6.45) is -6.80. The lowest BCUT2D eigenvalue weighted by Gasteiger charge is -2.33. The average molecular weight is 295 g/mol. The topological polar surface area (TPSA) is 0 Å². The Morgan fingerprint density at radius 3 is 1.47 bits per heavy atom.